The van der Waals surface area contributed by atoms with Crippen molar-refractivity contribution in [3.8, 4) is 17.1 Å². The number of furan rings is 1. The minimum absolute atomic E-state index is 0.0786. The van der Waals surface area contributed by atoms with Crippen LogP contribution in [0.25, 0.3) is 11.3 Å². The quantitative estimate of drug-likeness (QED) is 0.775. The fourth-order valence-electron chi connectivity index (χ4n) is 6.14. The number of rotatable bonds is 5. The summed E-state index contributed by atoms with van der Waals surface area (Å²) in [6.07, 6.45) is 6.55. The molecule has 4 saturated carbocycles. The van der Waals surface area contributed by atoms with Crippen molar-refractivity contribution in [1.82, 2.24) is 5.32 Å². The summed E-state index contributed by atoms with van der Waals surface area (Å²) in [4.78, 5) is 0. The van der Waals surface area contributed by atoms with Crippen LogP contribution in [0.3, 0.4) is 0 Å². The van der Waals surface area contributed by atoms with E-state index in [-0.39, 0.29) is 5.54 Å². The molecule has 6 rings (SSSR count). The summed E-state index contributed by atoms with van der Waals surface area (Å²) in [6.45, 7) is 0.694. The van der Waals surface area contributed by atoms with Gasteiger partial charge in [-0.05, 0) is 80.7 Å². The van der Waals surface area contributed by atoms with E-state index in [1.165, 1.54) is 19.3 Å². The lowest BCUT2D eigenvalue weighted by atomic mass is 9.51. The van der Waals surface area contributed by atoms with Gasteiger partial charge in [0.1, 0.15) is 17.3 Å². The average Bonchev–Trinajstić information content (AvgIpc) is 3.07. The number of halogens is 1. The predicted octanol–water partition coefficient (Wildman–Crippen LogP) is 4.78. The topological polar surface area (TPSA) is 54.6 Å². The Morgan fingerprint density at radius 2 is 1.96 bits per heavy atom. The Balaban J connectivity index is 1.30. The molecule has 0 amide bonds. The summed E-state index contributed by atoms with van der Waals surface area (Å²) >= 11 is 6.23. The largest absolute Gasteiger partial charge is 0.495 e. The maximum Gasteiger partial charge on any atom is 0.137 e. The van der Waals surface area contributed by atoms with Gasteiger partial charge in [0.2, 0.25) is 0 Å². The molecule has 144 valence electrons. The molecule has 4 aliphatic rings. The van der Waals surface area contributed by atoms with Gasteiger partial charge in [0.05, 0.1) is 24.3 Å². The van der Waals surface area contributed by atoms with Gasteiger partial charge in [-0.15, -0.1) is 0 Å². The lowest BCUT2D eigenvalue weighted by Gasteiger charge is -2.60. The second-order valence-corrected chi connectivity index (χ2v) is 9.34. The average molecular weight is 388 g/mol. The molecular weight excluding hydrogens is 362 g/mol. The van der Waals surface area contributed by atoms with Crippen LogP contribution in [0.2, 0.25) is 5.02 Å². The number of ether oxygens (including phenoxy) is 1. The van der Waals surface area contributed by atoms with Crippen molar-refractivity contribution in [2.45, 2.75) is 56.2 Å². The van der Waals surface area contributed by atoms with Crippen LogP contribution >= 0.6 is 11.6 Å². The van der Waals surface area contributed by atoms with Crippen molar-refractivity contribution in [2.75, 3.05) is 7.11 Å². The molecule has 0 spiro atoms. The first-order chi connectivity index (χ1) is 13.0. The second kappa shape index (κ2) is 6.26. The van der Waals surface area contributed by atoms with Gasteiger partial charge in [0, 0.05) is 11.1 Å². The van der Waals surface area contributed by atoms with E-state index in [0.717, 1.165) is 36.3 Å². The lowest BCUT2D eigenvalue weighted by molar-refractivity contribution is -0.143. The highest BCUT2D eigenvalue weighted by Gasteiger charge is 2.56. The summed E-state index contributed by atoms with van der Waals surface area (Å²) in [5, 5.41) is 15.2. The van der Waals surface area contributed by atoms with Crippen LogP contribution in [0.1, 0.15) is 44.3 Å². The SMILES string of the molecule is COc1ccc(-c2ccc(CNC34CC5CC(CC(O)(C5)C3)C4)o2)cc1Cl. The van der Waals surface area contributed by atoms with E-state index >= 15 is 0 Å². The van der Waals surface area contributed by atoms with Crippen LogP contribution in [-0.4, -0.2) is 23.4 Å². The highest BCUT2D eigenvalue weighted by molar-refractivity contribution is 6.32. The van der Waals surface area contributed by atoms with Crippen LogP contribution in [0.5, 0.6) is 5.75 Å². The Labute approximate surface area is 164 Å². The highest BCUT2D eigenvalue weighted by atomic mass is 35.5. The summed E-state index contributed by atoms with van der Waals surface area (Å²) in [7, 11) is 1.61. The molecule has 2 N–H and O–H groups in total. The van der Waals surface area contributed by atoms with E-state index in [4.69, 9.17) is 20.8 Å². The molecule has 2 atom stereocenters. The molecule has 4 fully saturated rings. The molecule has 27 heavy (non-hydrogen) atoms. The predicted molar refractivity (Wildman–Crippen MR) is 105 cm³/mol. The Kier molecular flexibility index (Phi) is 4.08. The van der Waals surface area contributed by atoms with Crippen molar-refractivity contribution in [1.29, 1.82) is 0 Å². The molecule has 4 aliphatic carbocycles. The third-order valence-corrected chi connectivity index (χ3v) is 7.06. The third kappa shape index (κ3) is 3.18. The smallest absolute Gasteiger partial charge is 0.137 e. The third-order valence-electron chi connectivity index (χ3n) is 6.77. The fraction of sp³-hybridized carbons (Fsp3) is 0.545. The van der Waals surface area contributed by atoms with Gasteiger partial charge >= 0.3 is 0 Å². The van der Waals surface area contributed by atoms with E-state index in [1.807, 2.05) is 30.3 Å². The zero-order valence-electron chi connectivity index (χ0n) is 15.6. The van der Waals surface area contributed by atoms with Gasteiger partial charge < -0.3 is 19.6 Å². The number of hydrogen-bond donors (Lipinski definition) is 2. The first-order valence-electron chi connectivity index (χ1n) is 9.86. The summed E-state index contributed by atoms with van der Waals surface area (Å²) in [6, 6.07) is 9.69. The molecule has 0 saturated heterocycles. The van der Waals surface area contributed by atoms with Gasteiger partial charge in [-0.1, -0.05) is 11.6 Å². The van der Waals surface area contributed by atoms with E-state index in [0.29, 0.717) is 29.2 Å². The van der Waals surface area contributed by atoms with Gasteiger partial charge in [-0.25, -0.2) is 0 Å². The van der Waals surface area contributed by atoms with Gasteiger partial charge in [0.15, 0.2) is 0 Å². The lowest BCUT2D eigenvalue weighted by Crippen LogP contribution is -2.64. The number of methoxy groups -OCH3 is 1. The number of aliphatic hydroxyl groups is 1. The van der Waals surface area contributed by atoms with Crippen molar-refractivity contribution >= 4 is 11.6 Å². The standard InChI is InChI=1S/C22H26ClNO3/c1-26-20-4-2-16(7-18(20)23)19-5-3-17(27-19)12-24-21-8-14-6-15(9-21)11-22(25,10-14)13-21/h2-5,7,14-15,24-25H,6,8-13H2,1H3. The van der Waals surface area contributed by atoms with Crippen molar-refractivity contribution in [3.63, 3.8) is 0 Å². The van der Waals surface area contributed by atoms with Crippen molar-refractivity contribution in [3.05, 3.63) is 41.1 Å². The summed E-state index contributed by atoms with van der Waals surface area (Å²) < 4.78 is 11.3. The molecule has 0 aliphatic heterocycles. The molecule has 4 nitrogen and oxygen atoms in total. The normalized spacial score (nSPS) is 34.2. The molecule has 1 aromatic carbocycles. The van der Waals surface area contributed by atoms with Crippen LogP contribution in [0, 0.1) is 11.8 Å². The van der Waals surface area contributed by atoms with E-state index in [9.17, 15) is 5.11 Å². The number of nitrogens with one attached hydrogen (secondary N) is 1. The minimum Gasteiger partial charge on any atom is -0.495 e. The maximum atomic E-state index is 10.9. The van der Waals surface area contributed by atoms with Crippen LogP contribution < -0.4 is 10.1 Å². The van der Waals surface area contributed by atoms with E-state index in [1.54, 1.807) is 7.11 Å². The molecule has 1 aromatic heterocycles. The molecular formula is C22H26ClNO3. The second-order valence-electron chi connectivity index (χ2n) is 8.93. The number of hydrogen-bond acceptors (Lipinski definition) is 4. The van der Waals surface area contributed by atoms with Gasteiger partial charge in [0.25, 0.3) is 0 Å². The summed E-state index contributed by atoms with van der Waals surface area (Å²) in [5.41, 5.74) is 0.580. The Morgan fingerprint density at radius 3 is 2.63 bits per heavy atom. The monoisotopic (exact) mass is 387 g/mol. The van der Waals surface area contributed by atoms with E-state index < -0.39 is 5.60 Å². The van der Waals surface area contributed by atoms with Gasteiger partial charge in [-0.3, -0.25) is 0 Å². The first kappa shape index (κ1) is 17.6. The number of benzene rings is 1. The fourth-order valence-corrected chi connectivity index (χ4v) is 6.40. The van der Waals surface area contributed by atoms with E-state index in [2.05, 4.69) is 5.32 Å². The summed E-state index contributed by atoms with van der Waals surface area (Å²) in [5.74, 6) is 3.74. The van der Waals surface area contributed by atoms with Gasteiger partial charge in [-0.2, -0.15) is 0 Å². The molecule has 0 radical (unpaired) electrons. The van der Waals surface area contributed by atoms with Crippen molar-refractivity contribution in [2.24, 2.45) is 11.8 Å². The first-order valence-corrected chi connectivity index (χ1v) is 10.2. The Hall–Kier alpha value is -1.49. The molecule has 4 bridgehead atoms. The zero-order chi connectivity index (χ0) is 18.6. The Bertz CT molecular complexity index is 847. The van der Waals surface area contributed by atoms with Crippen LogP contribution in [-0.2, 0) is 6.54 Å². The molecule has 5 heteroatoms. The Morgan fingerprint density at radius 1 is 1.19 bits per heavy atom. The molecule has 2 aromatic rings. The van der Waals surface area contributed by atoms with Crippen LogP contribution in [0.15, 0.2) is 34.7 Å². The molecule has 1 heterocycles. The van der Waals surface area contributed by atoms with Crippen LogP contribution in [0.4, 0.5) is 0 Å². The van der Waals surface area contributed by atoms with Crippen molar-refractivity contribution < 1.29 is 14.3 Å². The minimum atomic E-state index is -0.439. The molecule has 2 unspecified atom stereocenters. The highest BCUT2D eigenvalue weighted by Crippen LogP contribution is 2.57. The maximum absolute atomic E-state index is 10.9. The zero-order valence-corrected chi connectivity index (χ0v) is 16.4.